The highest BCUT2D eigenvalue weighted by Crippen LogP contribution is 2.19. The van der Waals surface area contributed by atoms with Gasteiger partial charge >= 0.3 is 0 Å². The first-order valence-electron chi connectivity index (χ1n) is 9.30. The summed E-state index contributed by atoms with van der Waals surface area (Å²) in [5.74, 6) is 1.30. The number of ether oxygens (including phenoxy) is 1. The molecule has 0 radical (unpaired) electrons. The number of carbonyl (C=O) groups is 3. The van der Waals surface area contributed by atoms with E-state index in [9.17, 15) is 14.4 Å². The van der Waals surface area contributed by atoms with E-state index in [4.69, 9.17) is 9.84 Å². The number of aldehydes is 2. The zero-order chi connectivity index (χ0) is 20.9. The molecule has 28 heavy (non-hydrogen) atoms. The molecule has 5 nitrogen and oxygen atoms in total. The Kier molecular flexibility index (Phi) is 10.3. The molecule has 0 saturated heterocycles. The van der Waals surface area contributed by atoms with E-state index < -0.39 is 0 Å². The minimum absolute atomic E-state index is 0.227. The maximum absolute atomic E-state index is 10.7. The summed E-state index contributed by atoms with van der Waals surface area (Å²) in [7, 11) is 0. The lowest BCUT2D eigenvalue weighted by molar-refractivity contribution is -0.117. The van der Waals surface area contributed by atoms with Crippen molar-refractivity contribution < 1.29 is 24.2 Å². The van der Waals surface area contributed by atoms with E-state index in [1.54, 1.807) is 32.0 Å². The van der Waals surface area contributed by atoms with E-state index in [0.717, 1.165) is 48.7 Å². The Bertz CT molecular complexity index is 796. The molecular weight excluding hydrogens is 356 g/mol. The smallest absolute Gasteiger partial charge is 0.150 e. The molecule has 0 aromatic heterocycles. The predicted octanol–water partition coefficient (Wildman–Crippen LogP) is 4.85. The molecule has 0 heterocycles. The second-order valence-electron chi connectivity index (χ2n) is 6.67. The number of hydrogen-bond donors (Lipinski definition) is 1. The molecule has 0 spiro atoms. The maximum atomic E-state index is 10.7. The average molecular weight is 384 g/mol. The summed E-state index contributed by atoms with van der Waals surface area (Å²) < 4.78 is 5.64. The Morgan fingerprint density at radius 2 is 1.54 bits per heavy atom. The van der Waals surface area contributed by atoms with Gasteiger partial charge in [0.2, 0.25) is 0 Å². The number of carbonyl (C=O) groups excluding carboxylic acids is 3. The molecular formula is C23H28O5. The Labute approximate surface area is 166 Å². The van der Waals surface area contributed by atoms with Crippen LogP contribution in [0.2, 0.25) is 0 Å². The van der Waals surface area contributed by atoms with Crippen LogP contribution in [0.4, 0.5) is 0 Å². The van der Waals surface area contributed by atoms with Crippen LogP contribution < -0.4 is 4.74 Å². The van der Waals surface area contributed by atoms with Gasteiger partial charge in [-0.15, -0.1) is 0 Å². The molecule has 2 rings (SSSR count). The van der Waals surface area contributed by atoms with Crippen LogP contribution >= 0.6 is 0 Å². The number of benzene rings is 2. The zero-order valence-electron chi connectivity index (χ0n) is 16.7. The van der Waals surface area contributed by atoms with Crippen molar-refractivity contribution in [3.63, 3.8) is 0 Å². The first kappa shape index (κ1) is 23.1. The Hall–Kier alpha value is -2.95. The largest absolute Gasteiger partial charge is 0.508 e. The third-order valence-corrected chi connectivity index (χ3v) is 4.12. The van der Waals surface area contributed by atoms with Gasteiger partial charge in [-0.3, -0.25) is 9.59 Å². The van der Waals surface area contributed by atoms with Gasteiger partial charge in [0, 0.05) is 17.5 Å². The molecule has 0 fully saturated rings. The second kappa shape index (κ2) is 12.4. The van der Waals surface area contributed by atoms with Crippen molar-refractivity contribution in [3.8, 4) is 11.5 Å². The molecule has 2 aromatic rings. The summed E-state index contributed by atoms with van der Waals surface area (Å²) in [5, 5.41) is 9.02. The quantitative estimate of drug-likeness (QED) is 0.494. The molecule has 0 aliphatic carbocycles. The van der Waals surface area contributed by atoms with E-state index in [-0.39, 0.29) is 11.5 Å². The number of aryl methyl sites for hydroxylation is 2. The van der Waals surface area contributed by atoms with Crippen molar-refractivity contribution in [3.05, 3.63) is 58.7 Å². The monoisotopic (exact) mass is 384 g/mol. The SMILES string of the molecule is CC(=O)CCCCCOc1ccc(C=O)cc1C.Cc1cc(C=O)ccc1O. The van der Waals surface area contributed by atoms with Gasteiger partial charge in [-0.25, -0.2) is 0 Å². The van der Waals surface area contributed by atoms with Gasteiger partial charge in [0.05, 0.1) is 6.61 Å². The van der Waals surface area contributed by atoms with E-state index in [2.05, 4.69) is 0 Å². The Balaban J connectivity index is 0.000000330. The molecule has 0 aliphatic heterocycles. The highest BCUT2D eigenvalue weighted by atomic mass is 16.5. The molecule has 0 amide bonds. The molecule has 5 heteroatoms. The summed E-state index contributed by atoms with van der Waals surface area (Å²) in [4.78, 5) is 31.5. The third kappa shape index (κ3) is 8.62. The maximum Gasteiger partial charge on any atom is 0.150 e. The molecule has 0 aliphatic rings. The van der Waals surface area contributed by atoms with E-state index >= 15 is 0 Å². The van der Waals surface area contributed by atoms with Gasteiger partial charge in [0.15, 0.2) is 0 Å². The van der Waals surface area contributed by atoms with Crippen molar-refractivity contribution >= 4 is 18.4 Å². The van der Waals surface area contributed by atoms with Crippen LogP contribution in [-0.2, 0) is 4.79 Å². The predicted molar refractivity (Wildman–Crippen MR) is 109 cm³/mol. The van der Waals surface area contributed by atoms with E-state index in [1.807, 2.05) is 19.1 Å². The summed E-state index contributed by atoms with van der Waals surface area (Å²) >= 11 is 0. The van der Waals surface area contributed by atoms with Crippen molar-refractivity contribution in [2.75, 3.05) is 6.61 Å². The lowest BCUT2D eigenvalue weighted by Gasteiger charge is -2.09. The van der Waals surface area contributed by atoms with E-state index in [0.29, 0.717) is 24.2 Å². The van der Waals surface area contributed by atoms with Crippen molar-refractivity contribution in [1.29, 1.82) is 0 Å². The van der Waals surface area contributed by atoms with Crippen LogP contribution in [0.1, 0.15) is 64.4 Å². The number of unbranched alkanes of at least 4 members (excludes halogenated alkanes) is 2. The lowest BCUT2D eigenvalue weighted by atomic mass is 10.1. The van der Waals surface area contributed by atoms with Crippen LogP contribution in [0.5, 0.6) is 11.5 Å². The highest BCUT2D eigenvalue weighted by molar-refractivity contribution is 5.76. The number of Topliss-reactive ketones (excluding diaryl/α,β-unsaturated/α-hetero) is 1. The van der Waals surface area contributed by atoms with Crippen LogP contribution in [-0.4, -0.2) is 30.1 Å². The number of aromatic hydroxyl groups is 1. The van der Waals surface area contributed by atoms with Gasteiger partial charge < -0.3 is 14.6 Å². The number of phenolic OH excluding ortho intramolecular Hbond substituents is 1. The van der Waals surface area contributed by atoms with Crippen molar-refractivity contribution in [2.45, 2.75) is 46.5 Å². The molecule has 150 valence electrons. The van der Waals surface area contributed by atoms with Crippen LogP contribution in [0.25, 0.3) is 0 Å². The normalized spacial score (nSPS) is 9.82. The molecule has 0 saturated carbocycles. The fourth-order valence-electron chi connectivity index (χ4n) is 2.49. The molecule has 2 aromatic carbocycles. The number of ketones is 1. The third-order valence-electron chi connectivity index (χ3n) is 4.12. The fraction of sp³-hybridized carbons (Fsp3) is 0.348. The second-order valence-corrected chi connectivity index (χ2v) is 6.67. The Morgan fingerprint density at radius 1 is 0.929 bits per heavy atom. The molecule has 0 bridgehead atoms. The molecule has 0 unspecified atom stereocenters. The fourth-order valence-corrected chi connectivity index (χ4v) is 2.49. The summed E-state index contributed by atoms with van der Waals surface area (Å²) in [6, 6.07) is 10.1. The van der Waals surface area contributed by atoms with Crippen LogP contribution in [0, 0.1) is 13.8 Å². The summed E-state index contributed by atoms with van der Waals surface area (Å²) in [6.45, 7) is 5.95. The molecule has 1 N–H and O–H groups in total. The zero-order valence-corrected chi connectivity index (χ0v) is 16.7. The average Bonchev–Trinajstić information content (AvgIpc) is 2.68. The molecule has 0 atom stereocenters. The van der Waals surface area contributed by atoms with Gasteiger partial charge in [-0.05, 0) is 87.6 Å². The first-order valence-corrected chi connectivity index (χ1v) is 9.30. The van der Waals surface area contributed by atoms with Gasteiger partial charge in [0.25, 0.3) is 0 Å². The number of phenols is 1. The summed E-state index contributed by atoms with van der Waals surface area (Å²) in [6.07, 6.45) is 5.13. The Morgan fingerprint density at radius 3 is 2.07 bits per heavy atom. The number of rotatable bonds is 9. The van der Waals surface area contributed by atoms with Crippen molar-refractivity contribution in [2.24, 2.45) is 0 Å². The van der Waals surface area contributed by atoms with Gasteiger partial charge in [-0.1, -0.05) is 0 Å². The van der Waals surface area contributed by atoms with Crippen LogP contribution in [0.3, 0.4) is 0 Å². The standard InChI is InChI=1S/C15H20O3.C8H8O2/c1-12-10-14(11-16)7-8-15(12)18-9-5-3-4-6-13(2)17;1-6-4-7(5-9)2-3-8(6)10/h7-8,10-11H,3-6,9H2,1-2H3;2-5,10H,1H3. The topological polar surface area (TPSA) is 80.7 Å². The highest BCUT2D eigenvalue weighted by Gasteiger charge is 2.01. The number of hydrogen-bond acceptors (Lipinski definition) is 5. The van der Waals surface area contributed by atoms with Gasteiger partial charge in [-0.2, -0.15) is 0 Å². The summed E-state index contributed by atoms with van der Waals surface area (Å²) in [5.41, 5.74) is 2.96. The van der Waals surface area contributed by atoms with E-state index in [1.165, 1.54) is 6.07 Å². The van der Waals surface area contributed by atoms with Crippen molar-refractivity contribution in [1.82, 2.24) is 0 Å². The van der Waals surface area contributed by atoms with Crippen LogP contribution in [0.15, 0.2) is 36.4 Å². The lowest BCUT2D eigenvalue weighted by Crippen LogP contribution is -2.00. The minimum atomic E-state index is 0.227. The first-order chi connectivity index (χ1) is 13.4. The van der Waals surface area contributed by atoms with Gasteiger partial charge in [0.1, 0.15) is 29.9 Å². The minimum Gasteiger partial charge on any atom is -0.508 e.